The topological polar surface area (TPSA) is 89.2 Å². The lowest BCUT2D eigenvalue weighted by Gasteiger charge is -2.19. The van der Waals surface area contributed by atoms with Crippen LogP contribution in [0.25, 0.3) is 10.4 Å². The third-order valence-electron chi connectivity index (χ3n) is 2.39. The molecule has 0 spiro atoms. The third-order valence-corrected chi connectivity index (χ3v) is 2.39. The van der Waals surface area contributed by atoms with Crippen molar-refractivity contribution in [2.24, 2.45) is 5.11 Å². The van der Waals surface area contributed by atoms with E-state index in [1.54, 1.807) is 0 Å². The van der Waals surface area contributed by atoms with Gasteiger partial charge < -0.3 is 10.2 Å². The van der Waals surface area contributed by atoms with Crippen molar-refractivity contribution in [2.45, 2.75) is 18.6 Å². The second-order valence-corrected chi connectivity index (χ2v) is 3.64. The largest absolute Gasteiger partial charge is 0.390 e. The van der Waals surface area contributed by atoms with Gasteiger partial charge >= 0.3 is 0 Å². The van der Waals surface area contributed by atoms with E-state index < -0.39 is 41.0 Å². The van der Waals surface area contributed by atoms with E-state index in [2.05, 4.69) is 10.0 Å². The molecule has 0 heterocycles. The van der Waals surface area contributed by atoms with Gasteiger partial charge in [0.05, 0.1) is 11.7 Å². The summed E-state index contributed by atoms with van der Waals surface area (Å²) in [5.74, 6) is -6.94. The number of rotatable bonds is 5. The zero-order chi connectivity index (χ0) is 14.6. The highest BCUT2D eigenvalue weighted by Gasteiger charge is 2.29. The normalized spacial score (nSPS) is 13.8. The number of aliphatic hydroxyl groups excluding tert-OH is 2. The van der Waals surface area contributed by atoms with Gasteiger partial charge in [0, 0.05) is 17.5 Å². The average Bonchev–Trinajstić information content (AvgIpc) is 2.36. The minimum Gasteiger partial charge on any atom is -0.390 e. The summed E-state index contributed by atoms with van der Waals surface area (Å²) in [6.45, 7) is -0.254. The van der Waals surface area contributed by atoms with Gasteiger partial charge in [0.15, 0.2) is 23.3 Å². The molecule has 104 valence electrons. The molecular weight excluding hydrogens is 270 g/mol. The van der Waals surface area contributed by atoms with Crippen LogP contribution in [0.3, 0.4) is 0 Å². The van der Waals surface area contributed by atoms with E-state index in [9.17, 15) is 27.8 Å². The molecule has 0 amide bonds. The first kappa shape index (κ1) is 15.2. The van der Waals surface area contributed by atoms with Gasteiger partial charge in [0.2, 0.25) is 0 Å². The second kappa shape index (κ2) is 6.37. The Morgan fingerprint density at radius 1 is 1.16 bits per heavy atom. The predicted molar refractivity (Wildman–Crippen MR) is 55.9 cm³/mol. The fraction of sp³-hybridized carbons (Fsp3) is 0.400. The number of hydrogen-bond acceptors (Lipinski definition) is 3. The summed E-state index contributed by atoms with van der Waals surface area (Å²) in [6, 6.07) is -0.00670. The van der Waals surface area contributed by atoms with Crippen LogP contribution in [0.4, 0.5) is 17.6 Å². The molecule has 2 N–H and O–H groups in total. The molecule has 0 aliphatic heterocycles. The summed E-state index contributed by atoms with van der Waals surface area (Å²) < 4.78 is 52.4. The predicted octanol–water partition coefficient (Wildman–Crippen LogP) is 2.34. The standard InChI is InChI=1S/C10H9F4N3O2/c11-4-3-5(12)9(14)7(8(4)13)10(19)6(18)1-2-16-17-15/h3,6,10,18-19H,1-2H2. The second-order valence-electron chi connectivity index (χ2n) is 3.64. The van der Waals surface area contributed by atoms with Crippen molar-refractivity contribution >= 4 is 0 Å². The van der Waals surface area contributed by atoms with Crippen LogP contribution in [-0.4, -0.2) is 22.9 Å². The minimum atomic E-state index is -2.18. The van der Waals surface area contributed by atoms with Crippen LogP contribution >= 0.6 is 0 Å². The first-order chi connectivity index (χ1) is 8.90. The number of aliphatic hydroxyl groups is 2. The van der Waals surface area contributed by atoms with E-state index in [4.69, 9.17) is 5.53 Å². The van der Waals surface area contributed by atoms with E-state index >= 15 is 0 Å². The Labute approximate surface area is 104 Å². The van der Waals surface area contributed by atoms with Crippen LogP contribution < -0.4 is 0 Å². The Morgan fingerprint density at radius 2 is 1.68 bits per heavy atom. The number of halogens is 4. The maximum Gasteiger partial charge on any atom is 0.167 e. The molecule has 0 saturated carbocycles. The Morgan fingerprint density at radius 3 is 2.16 bits per heavy atom. The highest BCUT2D eigenvalue weighted by molar-refractivity contribution is 5.25. The van der Waals surface area contributed by atoms with Gasteiger partial charge in [-0.25, -0.2) is 17.6 Å². The monoisotopic (exact) mass is 279 g/mol. The molecule has 19 heavy (non-hydrogen) atoms. The molecule has 1 aromatic carbocycles. The maximum absolute atomic E-state index is 13.3. The van der Waals surface area contributed by atoms with Gasteiger partial charge in [0.1, 0.15) is 6.10 Å². The quantitative estimate of drug-likeness (QED) is 0.285. The van der Waals surface area contributed by atoms with Gasteiger partial charge in [-0.15, -0.1) is 0 Å². The summed E-state index contributed by atoms with van der Waals surface area (Å²) in [6.07, 6.45) is -4.25. The summed E-state index contributed by atoms with van der Waals surface area (Å²) in [4.78, 5) is 2.37. The fourth-order valence-electron chi connectivity index (χ4n) is 1.44. The SMILES string of the molecule is [N-]=[N+]=NCCC(O)C(O)c1c(F)c(F)cc(F)c1F. The van der Waals surface area contributed by atoms with E-state index in [-0.39, 0.29) is 19.0 Å². The summed E-state index contributed by atoms with van der Waals surface area (Å²) in [5.41, 5.74) is 6.69. The molecule has 9 heteroatoms. The molecule has 0 aliphatic carbocycles. The molecule has 1 aromatic rings. The number of nitrogens with zero attached hydrogens (tertiary/aromatic N) is 3. The number of azide groups is 1. The molecular formula is C10H9F4N3O2. The molecule has 0 saturated heterocycles. The van der Waals surface area contributed by atoms with Crippen LogP contribution in [0.1, 0.15) is 18.1 Å². The summed E-state index contributed by atoms with van der Waals surface area (Å²) in [5, 5.41) is 22.0. The van der Waals surface area contributed by atoms with E-state index in [0.717, 1.165) is 0 Å². The van der Waals surface area contributed by atoms with E-state index in [0.29, 0.717) is 0 Å². The van der Waals surface area contributed by atoms with Gasteiger partial charge in [-0.2, -0.15) is 0 Å². The Bertz CT molecular complexity index is 494. The average molecular weight is 279 g/mol. The molecule has 2 atom stereocenters. The molecule has 5 nitrogen and oxygen atoms in total. The maximum atomic E-state index is 13.3. The van der Waals surface area contributed by atoms with Crippen molar-refractivity contribution in [1.29, 1.82) is 0 Å². The summed E-state index contributed by atoms with van der Waals surface area (Å²) >= 11 is 0. The zero-order valence-corrected chi connectivity index (χ0v) is 9.39. The first-order valence-electron chi connectivity index (χ1n) is 5.10. The van der Waals surface area contributed by atoms with Crippen LogP contribution in [0.5, 0.6) is 0 Å². The lowest BCUT2D eigenvalue weighted by molar-refractivity contribution is 0.00996. The molecule has 0 radical (unpaired) electrons. The minimum absolute atomic E-state index is 0.00670. The smallest absolute Gasteiger partial charge is 0.167 e. The van der Waals surface area contributed by atoms with Crippen molar-refractivity contribution in [3.63, 3.8) is 0 Å². The molecule has 0 aliphatic rings. The van der Waals surface area contributed by atoms with Crippen LogP contribution in [0.2, 0.25) is 0 Å². The highest BCUT2D eigenvalue weighted by atomic mass is 19.2. The van der Waals surface area contributed by atoms with Crippen molar-refractivity contribution in [3.05, 3.63) is 45.3 Å². The third kappa shape index (κ3) is 3.34. The fourth-order valence-corrected chi connectivity index (χ4v) is 1.44. The van der Waals surface area contributed by atoms with Crippen molar-refractivity contribution in [2.75, 3.05) is 6.54 Å². The van der Waals surface area contributed by atoms with Gasteiger partial charge in [-0.3, -0.25) is 0 Å². The van der Waals surface area contributed by atoms with E-state index in [1.807, 2.05) is 0 Å². The number of hydrogen-bond donors (Lipinski definition) is 2. The Kier molecular flexibility index (Phi) is 5.11. The first-order valence-corrected chi connectivity index (χ1v) is 5.10. The van der Waals surface area contributed by atoms with Crippen LogP contribution in [0, 0.1) is 23.3 Å². The molecule has 0 bridgehead atoms. The Balaban J connectivity index is 3.05. The molecule has 0 fully saturated rings. The number of benzene rings is 1. The molecule has 2 unspecified atom stereocenters. The van der Waals surface area contributed by atoms with Gasteiger partial charge in [-0.1, -0.05) is 5.11 Å². The van der Waals surface area contributed by atoms with Gasteiger partial charge in [0.25, 0.3) is 0 Å². The lowest BCUT2D eigenvalue weighted by atomic mass is 10.0. The van der Waals surface area contributed by atoms with Gasteiger partial charge in [-0.05, 0) is 12.0 Å². The summed E-state index contributed by atoms with van der Waals surface area (Å²) in [7, 11) is 0. The molecule has 1 rings (SSSR count). The molecule has 0 aromatic heterocycles. The zero-order valence-electron chi connectivity index (χ0n) is 9.39. The van der Waals surface area contributed by atoms with Crippen LogP contribution in [-0.2, 0) is 0 Å². The van der Waals surface area contributed by atoms with Crippen molar-refractivity contribution in [3.8, 4) is 0 Å². The van der Waals surface area contributed by atoms with Crippen molar-refractivity contribution < 1.29 is 27.8 Å². The van der Waals surface area contributed by atoms with E-state index in [1.165, 1.54) is 0 Å². The van der Waals surface area contributed by atoms with Crippen LogP contribution in [0.15, 0.2) is 11.2 Å². The lowest BCUT2D eigenvalue weighted by Crippen LogP contribution is -2.22. The Hall–Kier alpha value is -1.83. The highest BCUT2D eigenvalue weighted by Crippen LogP contribution is 2.28. The van der Waals surface area contributed by atoms with Crippen molar-refractivity contribution in [1.82, 2.24) is 0 Å².